The summed E-state index contributed by atoms with van der Waals surface area (Å²) < 4.78 is 4.64. The molecule has 5 nitrogen and oxygen atoms in total. The predicted octanol–water partition coefficient (Wildman–Crippen LogP) is 1.33. The molecule has 13 heavy (non-hydrogen) atoms. The summed E-state index contributed by atoms with van der Waals surface area (Å²) in [7, 11) is 0. The Morgan fingerprint density at radius 2 is 2.31 bits per heavy atom. The first-order valence-electron chi connectivity index (χ1n) is 3.46. The van der Waals surface area contributed by atoms with E-state index in [0.29, 0.717) is 5.82 Å². The molecule has 1 heterocycles. The Bertz CT molecular complexity index is 389. The zero-order valence-electron chi connectivity index (χ0n) is 6.90. The number of anilines is 1. The largest absolute Gasteiger partial charge is 0.362 e. The van der Waals surface area contributed by atoms with Crippen LogP contribution in [0, 0.1) is 29.6 Å². The second-order valence-electron chi connectivity index (χ2n) is 2.27. The molecule has 5 heteroatoms. The molecule has 1 aromatic rings. The van der Waals surface area contributed by atoms with Gasteiger partial charge in [0.05, 0.1) is 0 Å². The second-order valence-corrected chi connectivity index (χ2v) is 2.27. The van der Waals surface area contributed by atoms with Crippen LogP contribution in [0.15, 0.2) is 22.6 Å². The van der Waals surface area contributed by atoms with Crippen molar-refractivity contribution in [2.45, 2.75) is 6.92 Å². The maximum atomic E-state index is 8.40. The highest BCUT2D eigenvalue weighted by atomic mass is 16.5. The topological polar surface area (TPSA) is 85.6 Å². The molecule has 0 aliphatic rings. The predicted molar refractivity (Wildman–Crippen MR) is 44.2 cm³/mol. The molecule has 0 radical (unpaired) electrons. The van der Waals surface area contributed by atoms with Crippen molar-refractivity contribution in [2.24, 2.45) is 0 Å². The third kappa shape index (κ3) is 2.08. The average molecular weight is 174 g/mol. The van der Waals surface area contributed by atoms with Crippen LogP contribution in [-0.2, 0) is 0 Å². The SMILES string of the molecule is Cc1conc1NC=C(C#N)C#N. The van der Waals surface area contributed by atoms with Crippen LogP contribution >= 0.6 is 0 Å². The van der Waals surface area contributed by atoms with E-state index in [0.717, 1.165) is 5.56 Å². The lowest BCUT2D eigenvalue weighted by molar-refractivity contribution is 0.422. The van der Waals surface area contributed by atoms with E-state index in [1.54, 1.807) is 19.1 Å². The monoisotopic (exact) mass is 174 g/mol. The molecule has 1 N–H and O–H groups in total. The maximum Gasteiger partial charge on any atom is 0.176 e. The summed E-state index contributed by atoms with van der Waals surface area (Å²) in [5.74, 6) is 0.503. The summed E-state index contributed by atoms with van der Waals surface area (Å²) in [6, 6.07) is 3.43. The van der Waals surface area contributed by atoms with Gasteiger partial charge in [-0.2, -0.15) is 10.5 Å². The standard InChI is InChI=1S/C8H6N4O/c1-6-5-13-12-8(6)11-4-7(2-9)3-10/h4-5H,1H3,(H,11,12). The molecule has 1 aromatic heterocycles. The molecule has 0 aliphatic carbocycles. The Morgan fingerprint density at radius 3 is 2.77 bits per heavy atom. The van der Waals surface area contributed by atoms with Gasteiger partial charge in [-0.1, -0.05) is 5.16 Å². The summed E-state index contributed by atoms with van der Waals surface area (Å²) in [5, 5.41) is 23.1. The number of hydrogen-bond acceptors (Lipinski definition) is 5. The number of aryl methyl sites for hydroxylation is 1. The Hall–Kier alpha value is -2.27. The second kappa shape index (κ2) is 3.93. The van der Waals surface area contributed by atoms with Gasteiger partial charge in [0.15, 0.2) is 5.82 Å². The highest BCUT2D eigenvalue weighted by Crippen LogP contribution is 2.10. The van der Waals surface area contributed by atoms with E-state index in [-0.39, 0.29) is 5.57 Å². The molecule has 0 spiro atoms. The first kappa shape index (κ1) is 8.82. The Balaban J connectivity index is 2.74. The lowest BCUT2D eigenvalue weighted by atomic mass is 10.3. The van der Waals surface area contributed by atoms with Crippen molar-refractivity contribution in [1.82, 2.24) is 5.16 Å². The van der Waals surface area contributed by atoms with Gasteiger partial charge in [0.25, 0.3) is 0 Å². The summed E-state index contributed by atoms with van der Waals surface area (Å²) in [4.78, 5) is 0. The lowest BCUT2D eigenvalue weighted by Gasteiger charge is -1.92. The van der Waals surface area contributed by atoms with Crippen LogP contribution in [0.25, 0.3) is 0 Å². The molecular weight excluding hydrogens is 168 g/mol. The number of hydrogen-bond donors (Lipinski definition) is 1. The molecule has 0 aliphatic heterocycles. The number of nitrogens with zero attached hydrogens (tertiary/aromatic N) is 3. The molecule has 0 bridgehead atoms. The first-order valence-corrected chi connectivity index (χ1v) is 3.46. The minimum Gasteiger partial charge on any atom is -0.362 e. The lowest BCUT2D eigenvalue weighted by Crippen LogP contribution is -1.91. The highest BCUT2D eigenvalue weighted by Gasteiger charge is 2.00. The molecule has 0 fully saturated rings. The summed E-state index contributed by atoms with van der Waals surface area (Å²) >= 11 is 0. The van der Waals surface area contributed by atoms with Crippen molar-refractivity contribution < 1.29 is 4.52 Å². The van der Waals surface area contributed by atoms with Crippen LogP contribution in [0.3, 0.4) is 0 Å². The van der Waals surface area contributed by atoms with Crippen LogP contribution in [0.2, 0.25) is 0 Å². The smallest absolute Gasteiger partial charge is 0.176 e. The summed E-state index contributed by atoms with van der Waals surface area (Å²) in [6.07, 6.45) is 2.75. The van der Waals surface area contributed by atoms with Crippen molar-refractivity contribution in [3.63, 3.8) is 0 Å². The molecule has 0 saturated heterocycles. The molecule has 0 saturated carbocycles. The van der Waals surface area contributed by atoms with Gasteiger partial charge in [0, 0.05) is 11.8 Å². The molecule has 0 aromatic carbocycles. The number of nitrogens with one attached hydrogen (secondary N) is 1. The third-order valence-electron chi connectivity index (χ3n) is 1.34. The minimum atomic E-state index is -0.0117. The number of rotatable bonds is 2. The van der Waals surface area contributed by atoms with E-state index in [4.69, 9.17) is 10.5 Å². The maximum absolute atomic E-state index is 8.40. The van der Waals surface area contributed by atoms with E-state index in [1.165, 1.54) is 12.5 Å². The Kier molecular flexibility index (Phi) is 2.67. The van der Waals surface area contributed by atoms with Crippen molar-refractivity contribution >= 4 is 5.82 Å². The van der Waals surface area contributed by atoms with Crippen LogP contribution in [0.5, 0.6) is 0 Å². The highest BCUT2D eigenvalue weighted by molar-refractivity contribution is 5.47. The number of allylic oxidation sites excluding steroid dienone is 1. The fourth-order valence-electron chi connectivity index (χ4n) is 0.656. The number of aromatic nitrogens is 1. The molecule has 0 unspecified atom stereocenters. The van der Waals surface area contributed by atoms with Gasteiger partial charge in [-0.25, -0.2) is 0 Å². The van der Waals surface area contributed by atoms with E-state index in [9.17, 15) is 0 Å². The quantitative estimate of drug-likeness (QED) is 0.683. The van der Waals surface area contributed by atoms with Gasteiger partial charge >= 0.3 is 0 Å². The molecule has 0 amide bonds. The Labute approximate surface area is 74.9 Å². The third-order valence-corrected chi connectivity index (χ3v) is 1.34. The van der Waals surface area contributed by atoms with Crippen molar-refractivity contribution in [3.05, 3.63) is 23.6 Å². The molecule has 64 valence electrons. The van der Waals surface area contributed by atoms with Crippen LogP contribution in [0.1, 0.15) is 5.56 Å². The van der Waals surface area contributed by atoms with Gasteiger partial charge in [-0.05, 0) is 6.92 Å². The van der Waals surface area contributed by atoms with Crippen molar-refractivity contribution in [3.8, 4) is 12.1 Å². The van der Waals surface area contributed by atoms with Gasteiger partial charge < -0.3 is 9.84 Å². The van der Waals surface area contributed by atoms with Crippen LogP contribution in [-0.4, -0.2) is 5.16 Å². The van der Waals surface area contributed by atoms with E-state index in [2.05, 4.69) is 15.0 Å². The first-order chi connectivity index (χ1) is 6.27. The van der Waals surface area contributed by atoms with E-state index < -0.39 is 0 Å². The Morgan fingerprint density at radius 1 is 1.62 bits per heavy atom. The summed E-state index contributed by atoms with van der Waals surface area (Å²) in [6.45, 7) is 1.80. The zero-order valence-corrected chi connectivity index (χ0v) is 6.90. The van der Waals surface area contributed by atoms with Gasteiger partial charge in [-0.3, -0.25) is 0 Å². The van der Waals surface area contributed by atoms with Crippen LogP contribution < -0.4 is 5.32 Å². The van der Waals surface area contributed by atoms with Gasteiger partial charge in [-0.15, -0.1) is 0 Å². The fraction of sp³-hybridized carbons (Fsp3) is 0.125. The molecular formula is C8H6N4O. The fourth-order valence-corrected chi connectivity index (χ4v) is 0.656. The molecule has 1 rings (SSSR count). The molecule has 0 atom stereocenters. The number of nitriles is 2. The normalized spacial score (nSPS) is 8.23. The average Bonchev–Trinajstić information content (AvgIpc) is 2.54. The van der Waals surface area contributed by atoms with Crippen molar-refractivity contribution in [1.29, 1.82) is 10.5 Å². The minimum absolute atomic E-state index is 0.0117. The van der Waals surface area contributed by atoms with E-state index >= 15 is 0 Å². The van der Waals surface area contributed by atoms with Crippen molar-refractivity contribution in [2.75, 3.05) is 5.32 Å². The van der Waals surface area contributed by atoms with Crippen LogP contribution in [0.4, 0.5) is 5.82 Å². The summed E-state index contributed by atoms with van der Waals surface area (Å²) in [5.41, 5.74) is 0.800. The zero-order chi connectivity index (χ0) is 9.68. The van der Waals surface area contributed by atoms with Gasteiger partial charge in [0.2, 0.25) is 0 Å². The van der Waals surface area contributed by atoms with Gasteiger partial charge in [0.1, 0.15) is 24.0 Å². The van der Waals surface area contributed by atoms with E-state index in [1.807, 2.05) is 0 Å².